The minimum atomic E-state index is -0.573. The SMILES string of the molecule is Cc1ccc(F)c(O)c1C1(N)CCCCC1. The van der Waals surface area contributed by atoms with Crippen LogP contribution in [0.15, 0.2) is 12.1 Å². The lowest BCUT2D eigenvalue weighted by atomic mass is 9.75. The molecule has 0 radical (unpaired) electrons. The van der Waals surface area contributed by atoms with Gasteiger partial charge in [0.1, 0.15) is 0 Å². The molecule has 0 heterocycles. The van der Waals surface area contributed by atoms with Crippen molar-refractivity contribution in [3.05, 3.63) is 29.1 Å². The molecular weight excluding hydrogens is 205 g/mol. The van der Waals surface area contributed by atoms with Gasteiger partial charge in [0.05, 0.1) is 0 Å². The number of aromatic hydroxyl groups is 1. The average molecular weight is 223 g/mol. The first-order valence-electron chi connectivity index (χ1n) is 5.82. The second-order valence-electron chi connectivity index (χ2n) is 4.80. The first-order valence-corrected chi connectivity index (χ1v) is 5.82. The highest BCUT2D eigenvalue weighted by atomic mass is 19.1. The monoisotopic (exact) mass is 223 g/mol. The number of aryl methyl sites for hydroxylation is 1. The van der Waals surface area contributed by atoms with Gasteiger partial charge in [-0.1, -0.05) is 25.3 Å². The van der Waals surface area contributed by atoms with E-state index in [-0.39, 0.29) is 5.75 Å². The van der Waals surface area contributed by atoms with Gasteiger partial charge in [0.15, 0.2) is 11.6 Å². The molecule has 0 amide bonds. The predicted molar refractivity (Wildman–Crippen MR) is 61.8 cm³/mol. The molecule has 1 fully saturated rings. The molecule has 0 bridgehead atoms. The lowest BCUT2D eigenvalue weighted by molar-refractivity contribution is 0.287. The van der Waals surface area contributed by atoms with E-state index in [1.807, 2.05) is 6.92 Å². The molecule has 1 aromatic rings. The molecule has 16 heavy (non-hydrogen) atoms. The van der Waals surface area contributed by atoms with Crippen LogP contribution in [0.4, 0.5) is 4.39 Å². The Hall–Kier alpha value is -1.09. The molecule has 88 valence electrons. The third-order valence-corrected chi connectivity index (χ3v) is 3.58. The number of benzene rings is 1. The van der Waals surface area contributed by atoms with Gasteiger partial charge in [0.25, 0.3) is 0 Å². The van der Waals surface area contributed by atoms with Crippen molar-refractivity contribution in [2.45, 2.75) is 44.6 Å². The molecule has 0 aliphatic heterocycles. The first kappa shape index (κ1) is 11.4. The summed E-state index contributed by atoms with van der Waals surface area (Å²) in [7, 11) is 0. The fourth-order valence-corrected chi connectivity index (χ4v) is 2.73. The van der Waals surface area contributed by atoms with Crippen LogP contribution >= 0.6 is 0 Å². The second-order valence-corrected chi connectivity index (χ2v) is 4.80. The summed E-state index contributed by atoms with van der Waals surface area (Å²) in [5.41, 5.74) is 7.26. The smallest absolute Gasteiger partial charge is 0.165 e. The lowest BCUT2D eigenvalue weighted by Gasteiger charge is -2.35. The van der Waals surface area contributed by atoms with Crippen LogP contribution in [-0.4, -0.2) is 5.11 Å². The molecule has 2 nitrogen and oxygen atoms in total. The molecule has 0 spiro atoms. The maximum Gasteiger partial charge on any atom is 0.165 e. The summed E-state index contributed by atoms with van der Waals surface area (Å²) in [5, 5.41) is 9.84. The molecule has 3 N–H and O–H groups in total. The van der Waals surface area contributed by atoms with E-state index in [4.69, 9.17) is 5.73 Å². The van der Waals surface area contributed by atoms with Crippen molar-refractivity contribution in [2.24, 2.45) is 5.73 Å². The molecule has 0 unspecified atom stereocenters. The van der Waals surface area contributed by atoms with Gasteiger partial charge in [0, 0.05) is 11.1 Å². The third-order valence-electron chi connectivity index (χ3n) is 3.58. The summed E-state index contributed by atoms with van der Waals surface area (Å²) in [6.45, 7) is 1.87. The van der Waals surface area contributed by atoms with Crippen molar-refractivity contribution in [3.63, 3.8) is 0 Å². The van der Waals surface area contributed by atoms with Gasteiger partial charge in [-0.05, 0) is 31.4 Å². The van der Waals surface area contributed by atoms with Gasteiger partial charge in [-0.25, -0.2) is 4.39 Å². The minimum Gasteiger partial charge on any atom is -0.505 e. The molecule has 0 saturated heterocycles. The summed E-state index contributed by atoms with van der Waals surface area (Å²) < 4.78 is 13.4. The summed E-state index contributed by atoms with van der Waals surface area (Å²) in [6.07, 6.45) is 4.92. The minimum absolute atomic E-state index is 0.260. The fourth-order valence-electron chi connectivity index (χ4n) is 2.73. The van der Waals surface area contributed by atoms with Gasteiger partial charge < -0.3 is 10.8 Å². The van der Waals surface area contributed by atoms with Gasteiger partial charge in [-0.15, -0.1) is 0 Å². The van der Waals surface area contributed by atoms with E-state index in [1.54, 1.807) is 6.07 Å². The van der Waals surface area contributed by atoms with Gasteiger partial charge in [-0.3, -0.25) is 0 Å². The van der Waals surface area contributed by atoms with Crippen LogP contribution in [-0.2, 0) is 5.54 Å². The van der Waals surface area contributed by atoms with Gasteiger partial charge >= 0.3 is 0 Å². The Balaban J connectivity index is 2.49. The number of phenols is 1. The number of hydrogen-bond donors (Lipinski definition) is 2. The topological polar surface area (TPSA) is 46.2 Å². The maximum absolute atomic E-state index is 13.4. The van der Waals surface area contributed by atoms with E-state index in [2.05, 4.69) is 0 Å². The third kappa shape index (κ3) is 1.80. The van der Waals surface area contributed by atoms with E-state index in [9.17, 15) is 9.50 Å². The van der Waals surface area contributed by atoms with E-state index < -0.39 is 11.4 Å². The Labute approximate surface area is 95.3 Å². The molecule has 1 aliphatic carbocycles. The van der Waals surface area contributed by atoms with Crippen LogP contribution in [0.25, 0.3) is 0 Å². The fraction of sp³-hybridized carbons (Fsp3) is 0.538. The van der Waals surface area contributed by atoms with E-state index in [0.29, 0.717) is 5.56 Å². The second kappa shape index (κ2) is 4.06. The van der Waals surface area contributed by atoms with E-state index in [1.165, 1.54) is 12.5 Å². The van der Waals surface area contributed by atoms with Crippen molar-refractivity contribution in [1.82, 2.24) is 0 Å². The average Bonchev–Trinajstić information content (AvgIpc) is 2.25. The maximum atomic E-state index is 13.4. The Kier molecular flexibility index (Phi) is 2.89. The first-order chi connectivity index (χ1) is 7.54. The number of hydrogen-bond acceptors (Lipinski definition) is 2. The van der Waals surface area contributed by atoms with Gasteiger partial charge in [0.2, 0.25) is 0 Å². The summed E-state index contributed by atoms with van der Waals surface area (Å²) >= 11 is 0. The van der Waals surface area contributed by atoms with Crippen molar-refractivity contribution >= 4 is 0 Å². The summed E-state index contributed by atoms with van der Waals surface area (Å²) in [4.78, 5) is 0. The Morgan fingerprint density at radius 3 is 2.50 bits per heavy atom. The van der Waals surface area contributed by atoms with Crippen molar-refractivity contribution in [3.8, 4) is 5.75 Å². The molecular formula is C13H18FNO. The Bertz CT molecular complexity index is 397. The van der Waals surface area contributed by atoms with E-state index >= 15 is 0 Å². The highest BCUT2D eigenvalue weighted by Gasteiger charge is 2.34. The molecule has 2 rings (SSSR count). The highest BCUT2D eigenvalue weighted by molar-refractivity contribution is 5.45. The molecule has 1 aliphatic rings. The molecule has 1 aromatic carbocycles. The molecule has 1 saturated carbocycles. The Morgan fingerprint density at radius 1 is 1.25 bits per heavy atom. The molecule has 3 heteroatoms. The highest BCUT2D eigenvalue weighted by Crippen LogP contribution is 2.41. The van der Waals surface area contributed by atoms with E-state index in [0.717, 1.165) is 31.2 Å². The van der Waals surface area contributed by atoms with Crippen LogP contribution in [0.1, 0.15) is 43.2 Å². The molecule has 0 atom stereocenters. The predicted octanol–water partition coefficient (Wildman–Crippen LogP) is 2.96. The van der Waals surface area contributed by atoms with Crippen LogP contribution in [0, 0.1) is 12.7 Å². The lowest BCUT2D eigenvalue weighted by Crippen LogP contribution is -2.39. The molecule has 0 aromatic heterocycles. The number of rotatable bonds is 1. The van der Waals surface area contributed by atoms with Crippen molar-refractivity contribution in [2.75, 3.05) is 0 Å². The summed E-state index contributed by atoms with van der Waals surface area (Å²) in [6, 6.07) is 2.98. The Morgan fingerprint density at radius 2 is 1.88 bits per heavy atom. The van der Waals surface area contributed by atoms with Crippen LogP contribution < -0.4 is 5.73 Å². The van der Waals surface area contributed by atoms with Crippen molar-refractivity contribution < 1.29 is 9.50 Å². The van der Waals surface area contributed by atoms with Crippen LogP contribution in [0.2, 0.25) is 0 Å². The number of phenolic OH excluding ortho intramolecular Hbond substituents is 1. The van der Waals surface area contributed by atoms with Crippen LogP contribution in [0.5, 0.6) is 5.75 Å². The van der Waals surface area contributed by atoms with Crippen molar-refractivity contribution in [1.29, 1.82) is 0 Å². The number of nitrogens with two attached hydrogens (primary N) is 1. The van der Waals surface area contributed by atoms with Crippen LogP contribution in [0.3, 0.4) is 0 Å². The zero-order valence-electron chi connectivity index (χ0n) is 9.59. The quantitative estimate of drug-likeness (QED) is 0.768. The zero-order chi connectivity index (χ0) is 11.8. The normalized spacial score (nSPS) is 19.7. The zero-order valence-corrected chi connectivity index (χ0v) is 9.59. The summed E-state index contributed by atoms with van der Waals surface area (Å²) in [5.74, 6) is -0.833. The van der Waals surface area contributed by atoms with Gasteiger partial charge in [-0.2, -0.15) is 0 Å². The largest absolute Gasteiger partial charge is 0.505 e. The standard InChI is InChI=1S/C13H18FNO/c1-9-5-6-10(14)12(16)11(9)13(15)7-3-2-4-8-13/h5-6,16H,2-4,7-8,15H2,1H3. The number of halogens is 1.